The number of carboxylic acid groups (broad SMARTS) is 1. The molecule has 0 saturated heterocycles. The maximum Gasteiger partial charge on any atom is 0.345 e. The molecule has 2 rings (SSSR count). The summed E-state index contributed by atoms with van der Waals surface area (Å²) >= 11 is 5.39. The van der Waals surface area contributed by atoms with Crippen LogP contribution in [0.4, 0.5) is 0 Å². The molecule has 2 N–H and O–H groups in total. The van der Waals surface area contributed by atoms with Crippen molar-refractivity contribution in [1.29, 1.82) is 0 Å². The predicted octanol–water partition coefficient (Wildman–Crippen LogP) is 2.75. The highest BCUT2D eigenvalue weighted by molar-refractivity contribution is 9.11. The van der Waals surface area contributed by atoms with Crippen molar-refractivity contribution in [3.8, 4) is 0 Å². The van der Waals surface area contributed by atoms with Gasteiger partial charge in [0.2, 0.25) is 10.0 Å². The highest BCUT2D eigenvalue weighted by Crippen LogP contribution is 2.31. The fraction of sp³-hybridized carbons (Fsp3) is 0.100. The first-order chi connectivity index (χ1) is 8.90. The lowest BCUT2D eigenvalue weighted by atomic mass is 10.5. The Labute approximate surface area is 126 Å². The van der Waals surface area contributed by atoms with Crippen molar-refractivity contribution in [3.63, 3.8) is 0 Å². The standard InChI is InChI=1S/C10H8BrNO4S3/c11-9-8(4-7(18-9)10(13)14)19(15,16)12-5-6-2-1-3-17-6/h1-4,12H,5H2,(H,13,14). The molecule has 19 heavy (non-hydrogen) atoms. The number of thiophene rings is 2. The Hall–Kier alpha value is -0.740. The van der Waals surface area contributed by atoms with Gasteiger partial charge in [0.05, 0.1) is 3.79 Å². The summed E-state index contributed by atoms with van der Waals surface area (Å²) in [5.74, 6) is -1.15. The van der Waals surface area contributed by atoms with Crippen LogP contribution in [-0.4, -0.2) is 19.5 Å². The molecule has 9 heteroatoms. The zero-order valence-electron chi connectivity index (χ0n) is 9.29. The first kappa shape index (κ1) is 14.7. The molecule has 2 aromatic heterocycles. The van der Waals surface area contributed by atoms with Gasteiger partial charge in [-0.05, 0) is 33.4 Å². The lowest BCUT2D eigenvalue weighted by molar-refractivity contribution is 0.0702. The van der Waals surface area contributed by atoms with Gasteiger partial charge in [-0.25, -0.2) is 17.9 Å². The van der Waals surface area contributed by atoms with E-state index < -0.39 is 16.0 Å². The van der Waals surface area contributed by atoms with Gasteiger partial charge in [0.1, 0.15) is 9.77 Å². The highest BCUT2D eigenvalue weighted by atomic mass is 79.9. The third kappa shape index (κ3) is 3.42. The summed E-state index contributed by atoms with van der Waals surface area (Å²) < 4.78 is 26.8. The molecule has 0 radical (unpaired) electrons. The quantitative estimate of drug-likeness (QED) is 0.833. The Morgan fingerprint density at radius 2 is 2.21 bits per heavy atom. The van der Waals surface area contributed by atoms with E-state index in [2.05, 4.69) is 20.7 Å². The Morgan fingerprint density at radius 1 is 1.47 bits per heavy atom. The van der Waals surface area contributed by atoms with Crippen LogP contribution in [0.25, 0.3) is 0 Å². The molecular formula is C10H8BrNO4S3. The molecule has 0 fully saturated rings. The molecule has 5 nitrogen and oxygen atoms in total. The van der Waals surface area contributed by atoms with E-state index in [-0.39, 0.29) is 20.1 Å². The lowest BCUT2D eigenvalue weighted by Gasteiger charge is -2.03. The average Bonchev–Trinajstić information content (AvgIpc) is 2.95. The third-order valence-electron chi connectivity index (χ3n) is 2.17. The SMILES string of the molecule is O=C(O)c1cc(S(=O)(=O)NCc2cccs2)c(Br)s1. The van der Waals surface area contributed by atoms with Crippen LogP contribution >= 0.6 is 38.6 Å². The van der Waals surface area contributed by atoms with Gasteiger partial charge < -0.3 is 5.11 Å². The summed E-state index contributed by atoms with van der Waals surface area (Å²) in [6.45, 7) is 0.185. The number of halogens is 1. The molecule has 0 atom stereocenters. The Bertz CT molecular complexity index is 690. The van der Waals surface area contributed by atoms with Crippen LogP contribution < -0.4 is 4.72 Å². The number of sulfonamides is 1. The summed E-state index contributed by atoms with van der Waals surface area (Å²) in [4.78, 5) is 11.6. The second kappa shape index (κ2) is 5.71. The zero-order valence-corrected chi connectivity index (χ0v) is 13.3. The van der Waals surface area contributed by atoms with Gasteiger partial charge in [0.25, 0.3) is 0 Å². The van der Waals surface area contributed by atoms with E-state index in [1.165, 1.54) is 11.3 Å². The minimum atomic E-state index is -3.72. The molecule has 0 aliphatic heterocycles. The van der Waals surface area contributed by atoms with Crippen molar-refractivity contribution in [2.24, 2.45) is 0 Å². The van der Waals surface area contributed by atoms with Crippen LogP contribution in [0.1, 0.15) is 14.5 Å². The van der Waals surface area contributed by atoms with Crippen LogP contribution in [0.3, 0.4) is 0 Å². The molecule has 0 unspecified atom stereocenters. The molecule has 0 amide bonds. The van der Waals surface area contributed by atoms with Crippen molar-refractivity contribution in [1.82, 2.24) is 4.72 Å². The van der Waals surface area contributed by atoms with Crippen molar-refractivity contribution >= 4 is 54.6 Å². The predicted molar refractivity (Wildman–Crippen MR) is 77.3 cm³/mol. The molecule has 0 aromatic carbocycles. The van der Waals surface area contributed by atoms with Gasteiger partial charge in [0.15, 0.2) is 0 Å². The maximum atomic E-state index is 12.1. The van der Waals surface area contributed by atoms with E-state index in [9.17, 15) is 13.2 Å². The number of hydrogen-bond acceptors (Lipinski definition) is 5. The Morgan fingerprint density at radius 3 is 2.74 bits per heavy atom. The first-order valence-electron chi connectivity index (χ1n) is 4.95. The minimum absolute atomic E-state index is 0.0247. The van der Waals surface area contributed by atoms with E-state index in [1.54, 1.807) is 0 Å². The van der Waals surface area contributed by atoms with E-state index in [1.807, 2.05) is 17.5 Å². The van der Waals surface area contributed by atoms with Crippen LogP contribution in [0.2, 0.25) is 0 Å². The summed E-state index contributed by atoms with van der Waals surface area (Å²) in [7, 11) is -3.72. The van der Waals surface area contributed by atoms with Crippen LogP contribution in [0.5, 0.6) is 0 Å². The first-order valence-corrected chi connectivity index (χ1v) is 8.92. The van der Waals surface area contributed by atoms with Crippen LogP contribution in [0.15, 0.2) is 32.3 Å². The molecular weight excluding hydrogens is 374 g/mol. The molecule has 0 bridgehead atoms. The molecule has 2 aromatic rings. The number of carboxylic acids is 1. The monoisotopic (exact) mass is 381 g/mol. The average molecular weight is 382 g/mol. The number of carbonyl (C=O) groups is 1. The van der Waals surface area contributed by atoms with E-state index in [0.717, 1.165) is 22.3 Å². The van der Waals surface area contributed by atoms with Crippen LogP contribution in [0, 0.1) is 0 Å². The number of aromatic carboxylic acids is 1. The highest BCUT2D eigenvalue weighted by Gasteiger charge is 2.22. The van der Waals surface area contributed by atoms with Crippen molar-refractivity contribution < 1.29 is 18.3 Å². The second-order valence-electron chi connectivity index (χ2n) is 3.46. The molecule has 0 aliphatic carbocycles. The van der Waals surface area contributed by atoms with Crippen molar-refractivity contribution in [2.45, 2.75) is 11.4 Å². The normalized spacial score (nSPS) is 11.6. The summed E-state index contributed by atoms with van der Waals surface area (Å²) in [5, 5.41) is 10.7. The van der Waals surface area contributed by atoms with Gasteiger partial charge in [-0.2, -0.15) is 0 Å². The minimum Gasteiger partial charge on any atom is -0.477 e. The topological polar surface area (TPSA) is 83.5 Å². The molecule has 102 valence electrons. The Balaban J connectivity index is 2.22. The number of rotatable bonds is 5. The van der Waals surface area contributed by atoms with Gasteiger partial charge in [-0.1, -0.05) is 6.07 Å². The van der Waals surface area contributed by atoms with Gasteiger partial charge in [-0.15, -0.1) is 22.7 Å². The van der Waals surface area contributed by atoms with Crippen LogP contribution in [-0.2, 0) is 16.6 Å². The van der Waals surface area contributed by atoms with Gasteiger partial charge in [0, 0.05) is 11.4 Å². The van der Waals surface area contributed by atoms with Gasteiger partial charge >= 0.3 is 5.97 Å². The number of nitrogens with one attached hydrogen (secondary N) is 1. The molecule has 2 heterocycles. The zero-order chi connectivity index (χ0) is 14.0. The molecule has 0 aliphatic rings. The number of hydrogen-bond donors (Lipinski definition) is 2. The van der Waals surface area contributed by atoms with E-state index in [4.69, 9.17) is 5.11 Å². The second-order valence-corrected chi connectivity index (χ2v) is 8.60. The van der Waals surface area contributed by atoms with Gasteiger partial charge in [-0.3, -0.25) is 0 Å². The fourth-order valence-electron chi connectivity index (χ4n) is 1.30. The molecule has 0 spiro atoms. The summed E-state index contributed by atoms with van der Waals surface area (Å²) in [6.07, 6.45) is 0. The fourth-order valence-corrected chi connectivity index (χ4v) is 5.44. The molecule has 0 saturated carbocycles. The lowest BCUT2D eigenvalue weighted by Crippen LogP contribution is -2.22. The third-order valence-corrected chi connectivity index (χ3v) is 6.69. The maximum absolute atomic E-state index is 12.1. The Kier molecular flexibility index (Phi) is 4.41. The van der Waals surface area contributed by atoms with E-state index in [0.29, 0.717) is 0 Å². The summed E-state index contributed by atoms with van der Waals surface area (Å²) in [6, 6.07) is 4.80. The smallest absolute Gasteiger partial charge is 0.345 e. The largest absolute Gasteiger partial charge is 0.477 e. The van der Waals surface area contributed by atoms with Crippen molar-refractivity contribution in [3.05, 3.63) is 37.1 Å². The summed E-state index contributed by atoms with van der Waals surface area (Å²) in [5.41, 5.74) is 0. The van der Waals surface area contributed by atoms with E-state index >= 15 is 0 Å². The van der Waals surface area contributed by atoms with Crippen molar-refractivity contribution in [2.75, 3.05) is 0 Å².